The molecule has 1 aromatic rings. The van der Waals surface area contributed by atoms with E-state index in [2.05, 4.69) is 13.8 Å². The van der Waals surface area contributed by atoms with Crippen LogP contribution in [0, 0.1) is 0 Å². The van der Waals surface area contributed by atoms with E-state index in [4.69, 9.17) is 9.47 Å². The van der Waals surface area contributed by atoms with Crippen molar-refractivity contribution in [3.05, 3.63) is 29.8 Å². The van der Waals surface area contributed by atoms with Crippen LogP contribution in [0.25, 0.3) is 0 Å². The summed E-state index contributed by atoms with van der Waals surface area (Å²) in [6, 6.07) is 6.64. The molecule has 232 valence electrons. The Morgan fingerprint density at radius 2 is 1.32 bits per heavy atom. The molecule has 41 heavy (non-hydrogen) atoms. The first-order chi connectivity index (χ1) is 19.7. The Hall–Kier alpha value is -2.74. The van der Waals surface area contributed by atoms with Crippen LogP contribution in [-0.2, 0) is 28.7 Å². The highest BCUT2D eigenvalue weighted by molar-refractivity contribution is 6.05. The number of ether oxygens (including phenoxy) is 2. The number of aliphatic carboxylic acids is 1. The maximum Gasteiger partial charge on any atom is 0.332 e. The Morgan fingerprint density at radius 3 is 1.85 bits per heavy atom. The summed E-state index contributed by atoms with van der Waals surface area (Å²) in [5, 5.41) is 9.61. The lowest BCUT2D eigenvalue weighted by molar-refractivity contribution is -0.151. The number of amides is 1. The molecule has 0 bridgehead atoms. The standard InChI is InChI=1S/C33H53NO7/c1-5-7-9-11-12-13-14-15-16-20-24-40-33(39)31(26(3)35)28-21-18-19-22-29(28)34(27(4)36)25-41-30(32(37)38)23-17-10-8-6-2/h18-19,21-22,30-31H,5-17,20,23-25H2,1-4H3,(H,37,38). The van der Waals surface area contributed by atoms with Gasteiger partial charge in [0.2, 0.25) is 5.91 Å². The molecule has 2 unspecified atom stereocenters. The second-order valence-electron chi connectivity index (χ2n) is 10.9. The van der Waals surface area contributed by atoms with Crippen molar-refractivity contribution in [1.82, 2.24) is 0 Å². The van der Waals surface area contributed by atoms with Crippen molar-refractivity contribution in [2.24, 2.45) is 0 Å². The zero-order valence-electron chi connectivity index (χ0n) is 25.8. The Kier molecular flexibility index (Phi) is 19.4. The van der Waals surface area contributed by atoms with Gasteiger partial charge < -0.3 is 14.6 Å². The highest BCUT2D eigenvalue weighted by atomic mass is 16.5. The van der Waals surface area contributed by atoms with E-state index in [9.17, 15) is 24.3 Å². The maximum absolute atomic E-state index is 13.1. The maximum atomic E-state index is 13.1. The Morgan fingerprint density at radius 1 is 0.780 bits per heavy atom. The molecule has 2 atom stereocenters. The number of hydrogen-bond acceptors (Lipinski definition) is 6. The van der Waals surface area contributed by atoms with Crippen molar-refractivity contribution >= 4 is 29.3 Å². The van der Waals surface area contributed by atoms with Gasteiger partial charge in [-0.2, -0.15) is 0 Å². The molecule has 0 aliphatic carbocycles. The van der Waals surface area contributed by atoms with Crippen LogP contribution in [-0.4, -0.2) is 48.2 Å². The molecule has 8 heteroatoms. The molecular weight excluding hydrogens is 522 g/mol. The third-order valence-electron chi connectivity index (χ3n) is 7.30. The number of ketones is 1. The number of rotatable bonds is 24. The molecule has 1 aromatic carbocycles. The van der Waals surface area contributed by atoms with Crippen molar-refractivity contribution in [2.75, 3.05) is 18.2 Å². The lowest BCUT2D eigenvalue weighted by atomic mass is 9.93. The molecule has 1 amide bonds. The number of unbranched alkanes of at least 4 members (excludes halogenated alkanes) is 12. The third kappa shape index (κ3) is 14.6. The lowest BCUT2D eigenvalue weighted by Gasteiger charge is -2.27. The summed E-state index contributed by atoms with van der Waals surface area (Å²) in [6.45, 7) is 6.89. The fraction of sp³-hybridized carbons (Fsp3) is 0.697. The average molecular weight is 576 g/mol. The van der Waals surface area contributed by atoms with E-state index >= 15 is 0 Å². The van der Waals surface area contributed by atoms with E-state index in [1.165, 1.54) is 63.7 Å². The molecule has 0 fully saturated rings. The van der Waals surface area contributed by atoms with E-state index in [0.717, 1.165) is 38.5 Å². The van der Waals surface area contributed by atoms with Gasteiger partial charge >= 0.3 is 11.9 Å². The Balaban J connectivity index is 2.78. The average Bonchev–Trinajstić information content (AvgIpc) is 2.93. The highest BCUT2D eigenvalue weighted by Crippen LogP contribution is 2.30. The van der Waals surface area contributed by atoms with Crippen LogP contribution >= 0.6 is 0 Å². The van der Waals surface area contributed by atoms with E-state index in [1.807, 2.05) is 0 Å². The van der Waals surface area contributed by atoms with Crippen LogP contribution in [0.2, 0.25) is 0 Å². The summed E-state index contributed by atoms with van der Waals surface area (Å²) in [7, 11) is 0. The topological polar surface area (TPSA) is 110 Å². The summed E-state index contributed by atoms with van der Waals surface area (Å²) in [5.74, 6) is -3.72. The molecule has 1 N–H and O–H groups in total. The summed E-state index contributed by atoms with van der Waals surface area (Å²) < 4.78 is 11.2. The number of hydrogen-bond donors (Lipinski definition) is 1. The Bertz CT molecular complexity index is 917. The van der Waals surface area contributed by atoms with Gasteiger partial charge in [-0.05, 0) is 31.4 Å². The normalized spacial score (nSPS) is 12.5. The van der Waals surface area contributed by atoms with E-state index < -0.39 is 35.7 Å². The van der Waals surface area contributed by atoms with Crippen molar-refractivity contribution in [3.63, 3.8) is 0 Å². The van der Waals surface area contributed by atoms with Crippen LogP contribution in [0.1, 0.15) is 135 Å². The second kappa shape index (κ2) is 21.9. The molecule has 0 aromatic heterocycles. The van der Waals surface area contributed by atoms with Gasteiger partial charge in [0.15, 0.2) is 6.10 Å². The summed E-state index contributed by atoms with van der Waals surface area (Å²) in [6.07, 6.45) is 14.6. The molecule has 0 heterocycles. The minimum Gasteiger partial charge on any atom is -0.479 e. The van der Waals surface area contributed by atoms with Gasteiger partial charge in [-0.3, -0.25) is 19.3 Å². The van der Waals surface area contributed by atoms with Crippen molar-refractivity contribution in [2.45, 2.75) is 136 Å². The number of carboxylic acids is 1. The number of para-hydroxylation sites is 1. The minimum absolute atomic E-state index is 0.235. The predicted molar refractivity (Wildman–Crippen MR) is 162 cm³/mol. The van der Waals surface area contributed by atoms with Gasteiger partial charge in [-0.1, -0.05) is 116 Å². The smallest absolute Gasteiger partial charge is 0.332 e. The van der Waals surface area contributed by atoms with Crippen LogP contribution < -0.4 is 4.90 Å². The van der Waals surface area contributed by atoms with E-state index in [0.29, 0.717) is 24.1 Å². The quantitative estimate of drug-likeness (QED) is 0.0585. The first-order valence-electron chi connectivity index (χ1n) is 15.6. The molecule has 0 radical (unpaired) electrons. The number of Topliss-reactive ketones (excluding diaryl/α,β-unsaturated/α-hetero) is 1. The molecular formula is C33H53NO7. The van der Waals surface area contributed by atoms with Gasteiger partial charge in [0.05, 0.1) is 12.3 Å². The number of nitrogens with zero attached hydrogens (tertiary/aromatic N) is 1. The lowest BCUT2D eigenvalue weighted by Crippen LogP contribution is -2.37. The van der Waals surface area contributed by atoms with E-state index in [1.54, 1.807) is 24.3 Å². The summed E-state index contributed by atoms with van der Waals surface area (Å²) >= 11 is 0. The fourth-order valence-corrected chi connectivity index (χ4v) is 4.86. The monoisotopic (exact) mass is 575 g/mol. The van der Waals surface area contributed by atoms with Gasteiger partial charge in [-0.25, -0.2) is 4.79 Å². The zero-order chi connectivity index (χ0) is 30.5. The van der Waals surface area contributed by atoms with E-state index in [-0.39, 0.29) is 13.3 Å². The number of anilines is 1. The number of carboxylic acid groups (broad SMARTS) is 1. The summed E-state index contributed by atoms with van der Waals surface area (Å²) in [5.41, 5.74) is 0.660. The fourth-order valence-electron chi connectivity index (χ4n) is 4.86. The van der Waals surface area contributed by atoms with Crippen molar-refractivity contribution in [3.8, 4) is 0 Å². The molecule has 0 spiro atoms. The predicted octanol–water partition coefficient (Wildman–Crippen LogP) is 7.57. The van der Waals surface area contributed by atoms with Gasteiger partial charge in [0.25, 0.3) is 0 Å². The SMILES string of the molecule is CCCCCCCCCCCCOC(=O)C(C(C)=O)c1ccccc1N(COC(CCCCCC)C(=O)O)C(C)=O. The van der Waals surface area contributed by atoms with Gasteiger partial charge in [0.1, 0.15) is 18.4 Å². The van der Waals surface area contributed by atoms with Crippen molar-refractivity contribution < 1.29 is 33.8 Å². The minimum atomic E-state index is -1.19. The first kappa shape index (κ1) is 36.3. The second-order valence-corrected chi connectivity index (χ2v) is 10.9. The summed E-state index contributed by atoms with van der Waals surface area (Å²) in [4.78, 5) is 51.3. The highest BCUT2D eigenvalue weighted by Gasteiger charge is 2.32. The first-order valence-corrected chi connectivity index (χ1v) is 15.6. The van der Waals surface area contributed by atoms with Crippen LogP contribution in [0.3, 0.4) is 0 Å². The Labute approximate surface area is 247 Å². The van der Waals surface area contributed by atoms with Gasteiger partial charge in [-0.15, -0.1) is 0 Å². The number of esters is 1. The third-order valence-corrected chi connectivity index (χ3v) is 7.30. The van der Waals surface area contributed by atoms with Crippen LogP contribution in [0.4, 0.5) is 5.69 Å². The molecule has 0 saturated carbocycles. The number of carbonyl (C=O) groups is 4. The van der Waals surface area contributed by atoms with Crippen molar-refractivity contribution in [1.29, 1.82) is 0 Å². The number of benzene rings is 1. The van der Waals surface area contributed by atoms with Crippen LogP contribution in [0.15, 0.2) is 24.3 Å². The number of carbonyl (C=O) groups excluding carboxylic acids is 3. The zero-order valence-corrected chi connectivity index (χ0v) is 25.8. The largest absolute Gasteiger partial charge is 0.479 e. The molecule has 0 saturated heterocycles. The molecule has 0 aliphatic heterocycles. The molecule has 1 rings (SSSR count). The van der Waals surface area contributed by atoms with Crippen LogP contribution in [0.5, 0.6) is 0 Å². The molecule has 0 aliphatic rings. The van der Waals surface area contributed by atoms with Gasteiger partial charge in [0, 0.05) is 6.92 Å². The molecule has 8 nitrogen and oxygen atoms in total.